The molecule has 1 aromatic carbocycles. The highest BCUT2D eigenvalue weighted by Gasteiger charge is 2.13. The molecule has 1 aromatic rings. The molecule has 0 bridgehead atoms. The minimum absolute atomic E-state index is 0.450. The predicted octanol–water partition coefficient (Wildman–Crippen LogP) is 1.55. The predicted molar refractivity (Wildman–Crippen MR) is 66.3 cm³/mol. The fraction of sp³-hybridized carbons (Fsp3) is 0.333. The van der Waals surface area contributed by atoms with Crippen LogP contribution in [0.25, 0.3) is 0 Å². The van der Waals surface area contributed by atoms with Crippen LogP contribution in [0.1, 0.15) is 12.5 Å². The van der Waals surface area contributed by atoms with Crippen molar-refractivity contribution in [3.05, 3.63) is 29.8 Å². The van der Waals surface area contributed by atoms with Gasteiger partial charge < -0.3 is 5.11 Å². The highest BCUT2D eigenvalue weighted by molar-refractivity contribution is 5.91. The summed E-state index contributed by atoms with van der Waals surface area (Å²) in [7, 11) is 0. The Labute approximate surface area is 105 Å². The average molecular weight is 252 g/mol. The van der Waals surface area contributed by atoms with Gasteiger partial charge in [-0.25, -0.2) is 15.1 Å². The van der Waals surface area contributed by atoms with Gasteiger partial charge >= 0.3 is 12.0 Å². The molecular weight excluding hydrogens is 236 g/mol. The van der Waals surface area contributed by atoms with E-state index in [-0.39, 0.29) is 0 Å². The maximum atomic E-state index is 11.7. The van der Waals surface area contributed by atoms with Crippen molar-refractivity contribution in [3.63, 3.8) is 0 Å². The summed E-state index contributed by atoms with van der Waals surface area (Å²) in [5, 5.41) is 8.38. The number of urea groups is 1. The molecule has 0 saturated carbocycles. The minimum atomic E-state index is -1.14. The quantitative estimate of drug-likeness (QED) is 0.779. The van der Waals surface area contributed by atoms with Crippen molar-refractivity contribution in [1.29, 1.82) is 0 Å². The molecule has 1 rings (SSSR count). The number of hydrogen-bond acceptors (Lipinski definition) is 3. The van der Waals surface area contributed by atoms with Crippen molar-refractivity contribution < 1.29 is 19.5 Å². The molecule has 0 spiro atoms. The monoisotopic (exact) mass is 252 g/mol. The number of nitrogens with one attached hydrogen (secondary N) is 1. The summed E-state index contributed by atoms with van der Waals surface area (Å²) in [6.45, 7) is 3.65. The zero-order valence-electron chi connectivity index (χ0n) is 10.3. The smallest absolute Gasteiger partial charge is 0.345 e. The van der Waals surface area contributed by atoms with Crippen LogP contribution in [0.15, 0.2) is 24.3 Å². The normalized spacial score (nSPS) is 9.89. The van der Waals surface area contributed by atoms with Gasteiger partial charge in [0.1, 0.15) is 0 Å². The lowest BCUT2D eigenvalue weighted by Crippen LogP contribution is -2.40. The number of rotatable bonds is 5. The van der Waals surface area contributed by atoms with E-state index < -0.39 is 18.6 Å². The van der Waals surface area contributed by atoms with Gasteiger partial charge in [0.15, 0.2) is 6.61 Å². The SMILES string of the molecule is CCN(C(=O)NOCC(=O)O)c1ccc(C)cc1. The van der Waals surface area contributed by atoms with Crippen LogP contribution in [-0.4, -0.2) is 30.3 Å². The van der Waals surface area contributed by atoms with Crippen LogP contribution < -0.4 is 10.4 Å². The number of aliphatic carboxylic acids is 1. The van der Waals surface area contributed by atoms with E-state index in [1.807, 2.05) is 38.1 Å². The lowest BCUT2D eigenvalue weighted by atomic mass is 10.2. The Morgan fingerprint density at radius 3 is 2.44 bits per heavy atom. The maximum Gasteiger partial charge on any atom is 0.345 e. The Balaban J connectivity index is 2.62. The first kappa shape index (κ1) is 14.0. The Kier molecular flexibility index (Phi) is 5.13. The highest BCUT2D eigenvalue weighted by atomic mass is 16.7. The van der Waals surface area contributed by atoms with Gasteiger partial charge in [-0.05, 0) is 26.0 Å². The van der Waals surface area contributed by atoms with Gasteiger partial charge in [-0.2, -0.15) is 0 Å². The number of amides is 2. The number of benzene rings is 1. The van der Waals surface area contributed by atoms with E-state index in [0.717, 1.165) is 11.3 Å². The molecular formula is C12H16N2O4. The topological polar surface area (TPSA) is 78.9 Å². The van der Waals surface area contributed by atoms with Crippen LogP contribution in [-0.2, 0) is 9.63 Å². The van der Waals surface area contributed by atoms with Gasteiger partial charge in [0.05, 0.1) is 0 Å². The molecule has 0 saturated heterocycles. The van der Waals surface area contributed by atoms with Crippen molar-refractivity contribution in [1.82, 2.24) is 5.48 Å². The van der Waals surface area contributed by atoms with Crippen molar-refractivity contribution >= 4 is 17.7 Å². The van der Waals surface area contributed by atoms with E-state index in [1.165, 1.54) is 4.90 Å². The molecule has 0 aliphatic rings. The van der Waals surface area contributed by atoms with Crippen LogP contribution >= 0.6 is 0 Å². The third-order valence-electron chi connectivity index (χ3n) is 2.26. The second kappa shape index (κ2) is 6.61. The first-order valence-corrected chi connectivity index (χ1v) is 5.52. The summed E-state index contributed by atoms with van der Waals surface area (Å²) in [6.07, 6.45) is 0. The Morgan fingerprint density at radius 2 is 1.94 bits per heavy atom. The van der Waals surface area contributed by atoms with E-state index in [4.69, 9.17) is 5.11 Å². The zero-order valence-corrected chi connectivity index (χ0v) is 10.3. The Bertz CT molecular complexity index is 417. The van der Waals surface area contributed by atoms with Gasteiger partial charge in [-0.15, -0.1) is 0 Å². The number of carboxylic acid groups (broad SMARTS) is 1. The number of carbonyl (C=O) groups excluding carboxylic acids is 1. The van der Waals surface area contributed by atoms with Crippen LogP contribution in [0.3, 0.4) is 0 Å². The number of hydrogen-bond donors (Lipinski definition) is 2. The van der Waals surface area contributed by atoms with Gasteiger partial charge in [-0.1, -0.05) is 17.7 Å². The van der Waals surface area contributed by atoms with Crippen LogP contribution in [0.4, 0.5) is 10.5 Å². The maximum absolute atomic E-state index is 11.7. The van der Waals surface area contributed by atoms with E-state index in [9.17, 15) is 9.59 Å². The third kappa shape index (κ3) is 4.06. The van der Waals surface area contributed by atoms with Crippen LogP contribution in [0.2, 0.25) is 0 Å². The Morgan fingerprint density at radius 1 is 1.33 bits per heavy atom. The molecule has 2 N–H and O–H groups in total. The van der Waals surface area contributed by atoms with E-state index in [0.29, 0.717) is 6.54 Å². The van der Waals surface area contributed by atoms with Gasteiger partial charge in [0.2, 0.25) is 0 Å². The summed E-state index contributed by atoms with van der Waals surface area (Å²) < 4.78 is 0. The number of carboxylic acids is 1. The van der Waals surface area contributed by atoms with Gasteiger partial charge in [0, 0.05) is 12.2 Å². The second-order valence-corrected chi connectivity index (χ2v) is 3.67. The first-order valence-electron chi connectivity index (χ1n) is 5.52. The highest BCUT2D eigenvalue weighted by Crippen LogP contribution is 2.14. The van der Waals surface area contributed by atoms with Crippen molar-refractivity contribution in [2.24, 2.45) is 0 Å². The molecule has 0 fully saturated rings. The van der Waals surface area contributed by atoms with Crippen molar-refractivity contribution in [2.75, 3.05) is 18.1 Å². The number of carbonyl (C=O) groups is 2. The van der Waals surface area contributed by atoms with Crippen LogP contribution in [0.5, 0.6) is 0 Å². The summed E-state index contributed by atoms with van der Waals surface area (Å²) in [6, 6.07) is 6.92. The third-order valence-corrected chi connectivity index (χ3v) is 2.26. The molecule has 0 aliphatic carbocycles. The van der Waals surface area contributed by atoms with Crippen LogP contribution in [0, 0.1) is 6.92 Å². The van der Waals surface area contributed by atoms with E-state index >= 15 is 0 Å². The standard InChI is InChI=1S/C12H16N2O4/c1-3-14(10-6-4-9(2)5-7-10)12(17)13-18-8-11(15)16/h4-7H,3,8H2,1-2H3,(H,13,17)(H,15,16). The molecule has 18 heavy (non-hydrogen) atoms. The molecule has 0 aromatic heterocycles. The first-order chi connectivity index (χ1) is 8.54. The summed E-state index contributed by atoms with van der Waals surface area (Å²) in [5.41, 5.74) is 3.90. The molecule has 0 atom stereocenters. The minimum Gasteiger partial charge on any atom is -0.479 e. The molecule has 6 nitrogen and oxygen atoms in total. The van der Waals surface area contributed by atoms with Crippen molar-refractivity contribution in [3.8, 4) is 0 Å². The van der Waals surface area contributed by atoms with Crippen molar-refractivity contribution in [2.45, 2.75) is 13.8 Å². The molecule has 98 valence electrons. The lowest BCUT2D eigenvalue weighted by molar-refractivity contribution is -0.143. The largest absolute Gasteiger partial charge is 0.479 e. The zero-order chi connectivity index (χ0) is 13.5. The molecule has 0 radical (unpaired) electrons. The fourth-order valence-electron chi connectivity index (χ4n) is 1.38. The number of aryl methyl sites for hydroxylation is 1. The summed E-state index contributed by atoms with van der Waals surface area (Å²) in [5.74, 6) is -1.14. The number of nitrogens with zero attached hydrogens (tertiary/aromatic N) is 1. The Hall–Kier alpha value is -2.08. The fourth-order valence-corrected chi connectivity index (χ4v) is 1.38. The molecule has 6 heteroatoms. The molecule has 2 amide bonds. The van der Waals surface area contributed by atoms with Gasteiger partial charge in [-0.3, -0.25) is 9.74 Å². The number of anilines is 1. The van der Waals surface area contributed by atoms with E-state index in [1.54, 1.807) is 0 Å². The summed E-state index contributed by atoms with van der Waals surface area (Å²) in [4.78, 5) is 28.0. The molecule has 0 aliphatic heterocycles. The lowest BCUT2D eigenvalue weighted by Gasteiger charge is -2.21. The van der Waals surface area contributed by atoms with E-state index in [2.05, 4.69) is 10.3 Å². The molecule has 0 heterocycles. The number of hydroxylamine groups is 1. The average Bonchev–Trinajstić information content (AvgIpc) is 2.32. The van der Waals surface area contributed by atoms with Gasteiger partial charge in [0.25, 0.3) is 0 Å². The summed E-state index contributed by atoms with van der Waals surface area (Å²) >= 11 is 0. The molecule has 0 unspecified atom stereocenters. The second-order valence-electron chi connectivity index (χ2n) is 3.67.